The highest BCUT2D eigenvalue weighted by Gasteiger charge is 2.49. The first kappa shape index (κ1) is 20.9. The van der Waals surface area contributed by atoms with E-state index in [-0.39, 0.29) is 23.5 Å². The molecule has 146 valence electrons. The van der Waals surface area contributed by atoms with Gasteiger partial charge in [0, 0.05) is 12.5 Å². The van der Waals surface area contributed by atoms with Crippen molar-refractivity contribution >= 4 is 29.3 Å². The molecule has 0 saturated carbocycles. The third-order valence-electron chi connectivity index (χ3n) is 4.13. The molecule has 0 spiro atoms. The van der Waals surface area contributed by atoms with Gasteiger partial charge in [0.1, 0.15) is 29.5 Å². The molecule has 0 radical (unpaired) electrons. The first-order valence-electron chi connectivity index (χ1n) is 8.80. The zero-order valence-corrected chi connectivity index (χ0v) is 16.8. The Kier molecular flexibility index (Phi) is 6.87. The fourth-order valence-electron chi connectivity index (χ4n) is 2.88. The molecule has 8 heteroatoms. The van der Waals surface area contributed by atoms with Crippen LogP contribution in [-0.2, 0) is 19.0 Å². The van der Waals surface area contributed by atoms with Gasteiger partial charge in [-0.25, -0.2) is 4.79 Å². The third kappa shape index (κ3) is 4.66. The van der Waals surface area contributed by atoms with Gasteiger partial charge in [0.2, 0.25) is 0 Å². The summed E-state index contributed by atoms with van der Waals surface area (Å²) >= 11 is 1.33. The molecule has 7 nitrogen and oxygen atoms in total. The Morgan fingerprint density at radius 3 is 2.69 bits per heavy atom. The number of ether oxygens (including phenoxy) is 3. The van der Waals surface area contributed by atoms with E-state index in [1.807, 2.05) is 34.6 Å². The van der Waals surface area contributed by atoms with Crippen LogP contribution in [0, 0.1) is 5.92 Å². The minimum atomic E-state index is -0.593. The van der Waals surface area contributed by atoms with Crippen LogP contribution >= 0.6 is 11.8 Å². The lowest BCUT2D eigenvalue weighted by Gasteiger charge is -2.39. The molecule has 2 rings (SSSR count). The van der Waals surface area contributed by atoms with Crippen molar-refractivity contribution in [2.75, 3.05) is 13.2 Å². The van der Waals surface area contributed by atoms with Crippen molar-refractivity contribution in [1.29, 1.82) is 0 Å². The lowest BCUT2D eigenvalue weighted by molar-refractivity contribution is -0.146. The number of hydrogen-bond donors (Lipinski definition) is 0. The van der Waals surface area contributed by atoms with Gasteiger partial charge in [-0.15, -0.1) is 6.58 Å². The van der Waals surface area contributed by atoms with E-state index in [4.69, 9.17) is 19.2 Å². The topological polar surface area (TPSA) is 77.4 Å². The van der Waals surface area contributed by atoms with Crippen molar-refractivity contribution in [1.82, 2.24) is 4.90 Å². The highest BCUT2D eigenvalue weighted by atomic mass is 32.2. The lowest BCUT2D eigenvalue weighted by Crippen LogP contribution is -2.51. The molecule has 0 aromatic carbocycles. The molecule has 0 bridgehead atoms. The van der Waals surface area contributed by atoms with Crippen LogP contribution in [0.3, 0.4) is 0 Å². The zero-order chi connectivity index (χ0) is 19.5. The second-order valence-corrected chi connectivity index (χ2v) is 8.36. The zero-order valence-electron chi connectivity index (χ0n) is 16.0. The molecule has 1 saturated heterocycles. The molecular formula is C18H28N2O5S. The Morgan fingerprint density at radius 1 is 1.46 bits per heavy atom. The van der Waals surface area contributed by atoms with Gasteiger partial charge < -0.3 is 19.0 Å². The van der Waals surface area contributed by atoms with Crippen molar-refractivity contribution in [3.05, 3.63) is 12.7 Å². The normalized spacial score (nSPS) is 31.0. The number of fused-ring (bicyclic) bond motifs is 1. The molecule has 0 aromatic rings. The number of rotatable bonds is 5. The van der Waals surface area contributed by atoms with Crippen LogP contribution in [0.1, 0.15) is 34.6 Å². The first-order chi connectivity index (χ1) is 12.2. The van der Waals surface area contributed by atoms with Crippen LogP contribution in [0.25, 0.3) is 0 Å². The van der Waals surface area contributed by atoms with Crippen LogP contribution in [0.4, 0.5) is 4.79 Å². The third-order valence-corrected chi connectivity index (χ3v) is 5.28. The minimum absolute atomic E-state index is 0.144. The molecule has 1 amide bonds. The standard InChI is InChI=1S/C18H28N2O5S/c1-7-9-23-14-11(3)12(10-21)24-15-13(14)19-16(26-15)20(8-2)17(22)25-18(4,5)6/h7,10-15H,1,8-9H2,2-6H3/t11-,12-,13-,14+,15-/m1/s1. The molecule has 2 aliphatic rings. The molecule has 5 atom stereocenters. The van der Waals surface area contributed by atoms with Crippen LogP contribution in [0.2, 0.25) is 0 Å². The van der Waals surface area contributed by atoms with E-state index >= 15 is 0 Å². The van der Waals surface area contributed by atoms with E-state index in [1.165, 1.54) is 16.7 Å². The van der Waals surface area contributed by atoms with Crippen molar-refractivity contribution in [3.63, 3.8) is 0 Å². The second-order valence-electron chi connectivity index (χ2n) is 7.30. The van der Waals surface area contributed by atoms with Crippen LogP contribution in [0.15, 0.2) is 17.6 Å². The maximum atomic E-state index is 12.5. The number of carbonyl (C=O) groups excluding carboxylic acids is 2. The quantitative estimate of drug-likeness (QED) is 0.536. The van der Waals surface area contributed by atoms with Crippen LogP contribution in [-0.4, -0.2) is 64.9 Å². The Morgan fingerprint density at radius 2 is 2.15 bits per heavy atom. The van der Waals surface area contributed by atoms with E-state index in [0.717, 1.165) is 6.29 Å². The summed E-state index contributed by atoms with van der Waals surface area (Å²) in [5.41, 5.74) is -0.965. The summed E-state index contributed by atoms with van der Waals surface area (Å²) in [4.78, 5) is 30.1. The van der Waals surface area contributed by atoms with Crippen LogP contribution in [0.5, 0.6) is 0 Å². The molecule has 0 aromatic heterocycles. The van der Waals surface area contributed by atoms with Gasteiger partial charge in [-0.05, 0) is 27.7 Å². The van der Waals surface area contributed by atoms with Gasteiger partial charge >= 0.3 is 6.09 Å². The molecule has 26 heavy (non-hydrogen) atoms. The Hall–Kier alpha value is -1.38. The molecule has 2 aliphatic heterocycles. The number of aliphatic imine (C=N–C) groups is 1. The van der Waals surface area contributed by atoms with Gasteiger partial charge in [-0.2, -0.15) is 0 Å². The van der Waals surface area contributed by atoms with Crippen molar-refractivity contribution in [3.8, 4) is 0 Å². The summed E-state index contributed by atoms with van der Waals surface area (Å²) in [6, 6.07) is -0.294. The number of aldehydes is 1. The van der Waals surface area contributed by atoms with Crippen LogP contribution < -0.4 is 0 Å². The largest absolute Gasteiger partial charge is 0.443 e. The molecular weight excluding hydrogens is 356 g/mol. The van der Waals surface area contributed by atoms with E-state index in [9.17, 15) is 9.59 Å². The highest BCUT2D eigenvalue weighted by Crippen LogP contribution is 2.40. The number of nitrogens with zero attached hydrogens (tertiary/aromatic N) is 2. The Labute approximate surface area is 159 Å². The summed E-state index contributed by atoms with van der Waals surface area (Å²) < 4.78 is 17.2. The summed E-state index contributed by atoms with van der Waals surface area (Å²) in [6.07, 6.45) is 1.16. The van der Waals surface area contributed by atoms with Crippen molar-refractivity contribution < 1.29 is 23.8 Å². The van der Waals surface area contributed by atoms with Gasteiger partial charge in [-0.1, -0.05) is 24.8 Å². The minimum Gasteiger partial charge on any atom is -0.443 e. The first-order valence-corrected chi connectivity index (χ1v) is 9.68. The highest BCUT2D eigenvalue weighted by molar-refractivity contribution is 8.14. The molecule has 2 heterocycles. The molecule has 0 unspecified atom stereocenters. The van der Waals surface area contributed by atoms with Crippen molar-refractivity contribution in [2.45, 2.75) is 63.9 Å². The maximum Gasteiger partial charge on any atom is 0.416 e. The number of hydrogen-bond acceptors (Lipinski definition) is 7. The second kappa shape index (κ2) is 8.54. The predicted molar refractivity (Wildman–Crippen MR) is 101 cm³/mol. The van der Waals surface area contributed by atoms with E-state index in [1.54, 1.807) is 6.08 Å². The Balaban J connectivity index is 2.22. The number of carbonyl (C=O) groups is 2. The number of amidine groups is 1. The van der Waals surface area contributed by atoms with E-state index in [2.05, 4.69) is 6.58 Å². The summed E-state index contributed by atoms with van der Waals surface area (Å²) in [6.45, 7) is 13.7. The van der Waals surface area contributed by atoms with Gasteiger partial charge in [0.25, 0.3) is 0 Å². The lowest BCUT2D eigenvalue weighted by atomic mass is 9.90. The van der Waals surface area contributed by atoms with E-state index < -0.39 is 17.8 Å². The average Bonchev–Trinajstić information content (AvgIpc) is 2.95. The summed E-state index contributed by atoms with van der Waals surface area (Å²) in [7, 11) is 0. The number of thioether (sulfide) groups is 1. The van der Waals surface area contributed by atoms with Gasteiger partial charge in [0.15, 0.2) is 5.17 Å². The number of amides is 1. The maximum absolute atomic E-state index is 12.5. The van der Waals surface area contributed by atoms with E-state index in [0.29, 0.717) is 18.3 Å². The smallest absolute Gasteiger partial charge is 0.416 e. The summed E-state index contributed by atoms with van der Waals surface area (Å²) in [5.74, 6) is -0.144. The fraction of sp³-hybridized carbons (Fsp3) is 0.722. The van der Waals surface area contributed by atoms with Gasteiger partial charge in [0.05, 0.1) is 12.7 Å². The SMILES string of the molecule is C=CCO[C@H]1[C@H](C)[C@@H](C=O)O[C@@H]2SC(N(CC)C(=O)OC(C)(C)C)=N[C@H]12. The van der Waals surface area contributed by atoms with Crippen molar-refractivity contribution in [2.24, 2.45) is 10.9 Å². The molecule has 0 aliphatic carbocycles. The molecule has 0 N–H and O–H groups in total. The molecule has 1 fully saturated rings. The monoisotopic (exact) mass is 384 g/mol. The summed E-state index contributed by atoms with van der Waals surface area (Å²) in [5, 5.41) is 0.530. The fourth-order valence-corrected chi connectivity index (χ4v) is 4.14. The Bertz CT molecular complexity index is 574. The average molecular weight is 384 g/mol. The van der Waals surface area contributed by atoms with Gasteiger partial charge in [-0.3, -0.25) is 9.89 Å². The predicted octanol–water partition coefficient (Wildman–Crippen LogP) is 2.85.